The highest BCUT2D eigenvalue weighted by molar-refractivity contribution is 5.55. The number of anilines is 1. The molecule has 1 aromatic rings. The number of hydrogen-bond acceptors (Lipinski definition) is 1. The quantitative estimate of drug-likeness (QED) is 0.790. The van der Waals surface area contributed by atoms with E-state index in [-0.39, 0.29) is 0 Å². The first-order valence-corrected chi connectivity index (χ1v) is 6.28. The second-order valence-corrected chi connectivity index (χ2v) is 4.97. The van der Waals surface area contributed by atoms with E-state index >= 15 is 0 Å². The minimum Gasteiger partial charge on any atom is -0.385 e. The van der Waals surface area contributed by atoms with Crippen molar-refractivity contribution in [1.82, 2.24) is 0 Å². The third-order valence-electron chi connectivity index (χ3n) is 3.67. The Hall–Kier alpha value is -0.980. The van der Waals surface area contributed by atoms with E-state index in [2.05, 4.69) is 23.5 Å². The van der Waals surface area contributed by atoms with E-state index in [1.165, 1.54) is 50.8 Å². The second-order valence-electron chi connectivity index (χ2n) is 4.97. The van der Waals surface area contributed by atoms with Crippen LogP contribution < -0.4 is 5.32 Å². The molecule has 0 heterocycles. The van der Waals surface area contributed by atoms with Crippen molar-refractivity contribution in [3.8, 4) is 0 Å². The molecule has 80 valence electrons. The molecule has 0 aromatic heterocycles. The molecule has 3 rings (SSSR count). The van der Waals surface area contributed by atoms with Gasteiger partial charge >= 0.3 is 0 Å². The summed E-state index contributed by atoms with van der Waals surface area (Å²) in [5, 5.41) is 3.63. The summed E-state index contributed by atoms with van der Waals surface area (Å²) >= 11 is 0. The molecule has 0 saturated heterocycles. The molecule has 1 saturated carbocycles. The average molecular weight is 201 g/mol. The van der Waals surface area contributed by atoms with Crippen molar-refractivity contribution < 1.29 is 0 Å². The Labute approximate surface area is 91.9 Å². The summed E-state index contributed by atoms with van der Waals surface area (Å²) in [5.41, 5.74) is 4.60. The summed E-state index contributed by atoms with van der Waals surface area (Å²) < 4.78 is 0. The predicted molar refractivity (Wildman–Crippen MR) is 64.3 cm³/mol. The van der Waals surface area contributed by atoms with Crippen molar-refractivity contribution >= 4 is 5.69 Å². The molecule has 0 radical (unpaired) electrons. The Morgan fingerprint density at radius 3 is 2.87 bits per heavy atom. The Balaban J connectivity index is 1.79. The van der Waals surface area contributed by atoms with Crippen LogP contribution in [-0.2, 0) is 12.8 Å². The molecule has 1 N–H and O–H groups in total. The summed E-state index contributed by atoms with van der Waals surface area (Å²) in [7, 11) is 0. The molecule has 0 atom stereocenters. The first-order chi connectivity index (χ1) is 7.43. The van der Waals surface area contributed by atoms with Crippen LogP contribution in [0.1, 0.15) is 36.8 Å². The van der Waals surface area contributed by atoms with Gasteiger partial charge in [0.05, 0.1) is 0 Å². The Kier molecular flexibility index (Phi) is 2.40. The SMILES string of the molecule is c1cc2c(c(NCC3CC3)c1)CCCC2. The Bertz CT molecular complexity index is 352. The van der Waals surface area contributed by atoms with Crippen LogP contribution in [0.2, 0.25) is 0 Å². The molecule has 15 heavy (non-hydrogen) atoms. The fourth-order valence-corrected chi connectivity index (χ4v) is 2.52. The van der Waals surface area contributed by atoms with Crippen LogP contribution >= 0.6 is 0 Å². The Morgan fingerprint density at radius 1 is 1.13 bits per heavy atom. The number of aryl methyl sites for hydroxylation is 1. The molecule has 1 heteroatoms. The van der Waals surface area contributed by atoms with Crippen LogP contribution in [0.15, 0.2) is 18.2 Å². The third-order valence-corrected chi connectivity index (χ3v) is 3.67. The van der Waals surface area contributed by atoms with Crippen LogP contribution in [0.25, 0.3) is 0 Å². The van der Waals surface area contributed by atoms with Crippen LogP contribution in [0.5, 0.6) is 0 Å². The first kappa shape index (κ1) is 9.26. The minimum absolute atomic E-state index is 0.962. The van der Waals surface area contributed by atoms with Crippen molar-refractivity contribution in [1.29, 1.82) is 0 Å². The lowest BCUT2D eigenvalue weighted by Crippen LogP contribution is -2.10. The molecule has 1 aromatic carbocycles. The number of benzene rings is 1. The molecule has 1 fully saturated rings. The lowest BCUT2D eigenvalue weighted by molar-refractivity contribution is 0.686. The van der Waals surface area contributed by atoms with Crippen molar-refractivity contribution in [2.24, 2.45) is 5.92 Å². The number of hydrogen-bond donors (Lipinski definition) is 1. The van der Waals surface area contributed by atoms with E-state index in [4.69, 9.17) is 0 Å². The van der Waals surface area contributed by atoms with Gasteiger partial charge in [-0.05, 0) is 61.6 Å². The molecule has 0 unspecified atom stereocenters. The summed E-state index contributed by atoms with van der Waals surface area (Å²) in [6.07, 6.45) is 8.18. The molecule has 0 aliphatic heterocycles. The zero-order valence-electron chi connectivity index (χ0n) is 9.26. The fourth-order valence-electron chi connectivity index (χ4n) is 2.52. The number of fused-ring (bicyclic) bond motifs is 1. The van der Waals surface area contributed by atoms with Gasteiger partial charge in [0.2, 0.25) is 0 Å². The summed E-state index contributed by atoms with van der Waals surface area (Å²) in [6.45, 7) is 1.19. The third kappa shape index (κ3) is 2.01. The predicted octanol–water partition coefficient (Wildman–Crippen LogP) is 3.39. The largest absolute Gasteiger partial charge is 0.385 e. The summed E-state index contributed by atoms with van der Waals surface area (Å²) in [5.74, 6) is 0.962. The zero-order chi connectivity index (χ0) is 10.1. The van der Waals surface area contributed by atoms with Gasteiger partial charge in [-0.1, -0.05) is 12.1 Å². The van der Waals surface area contributed by atoms with Gasteiger partial charge in [-0.15, -0.1) is 0 Å². The number of nitrogens with one attached hydrogen (secondary N) is 1. The van der Waals surface area contributed by atoms with Gasteiger partial charge in [-0.25, -0.2) is 0 Å². The van der Waals surface area contributed by atoms with Gasteiger partial charge in [0.1, 0.15) is 0 Å². The summed E-state index contributed by atoms with van der Waals surface area (Å²) in [4.78, 5) is 0. The molecule has 0 spiro atoms. The average Bonchev–Trinajstić information content (AvgIpc) is 3.10. The molecular weight excluding hydrogens is 182 g/mol. The lowest BCUT2D eigenvalue weighted by atomic mass is 9.90. The van der Waals surface area contributed by atoms with Crippen LogP contribution in [0, 0.1) is 5.92 Å². The van der Waals surface area contributed by atoms with Gasteiger partial charge in [0.15, 0.2) is 0 Å². The molecular formula is C14H19N. The van der Waals surface area contributed by atoms with Gasteiger partial charge in [0, 0.05) is 12.2 Å². The molecule has 2 aliphatic carbocycles. The van der Waals surface area contributed by atoms with Crippen LogP contribution in [-0.4, -0.2) is 6.54 Å². The minimum atomic E-state index is 0.962. The monoisotopic (exact) mass is 201 g/mol. The summed E-state index contributed by atoms with van der Waals surface area (Å²) in [6, 6.07) is 6.77. The Morgan fingerprint density at radius 2 is 2.00 bits per heavy atom. The maximum atomic E-state index is 3.63. The van der Waals surface area contributed by atoms with E-state index < -0.39 is 0 Å². The van der Waals surface area contributed by atoms with Crippen molar-refractivity contribution in [3.63, 3.8) is 0 Å². The van der Waals surface area contributed by atoms with Gasteiger partial charge in [-0.3, -0.25) is 0 Å². The first-order valence-electron chi connectivity index (χ1n) is 6.28. The lowest BCUT2D eigenvalue weighted by Gasteiger charge is -2.20. The van der Waals surface area contributed by atoms with Gasteiger partial charge < -0.3 is 5.32 Å². The zero-order valence-corrected chi connectivity index (χ0v) is 9.26. The van der Waals surface area contributed by atoms with Crippen LogP contribution in [0.4, 0.5) is 5.69 Å². The van der Waals surface area contributed by atoms with E-state index in [9.17, 15) is 0 Å². The van der Waals surface area contributed by atoms with Gasteiger partial charge in [0.25, 0.3) is 0 Å². The maximum absolute atomic E-state index is 3.63. The number of rotatable bonds is 3. The standard InChI is InChI=1S/C14H19N/c1-2-6-13-12(4-1)5-3-7-14(13)15-10-11-8-9-11/h3,5,7,11,15H,1-2,4,6,8-10H2. The fraction of sp³-hybridized carbons (Fsp3) is 0.571. The van der Waals surface area contributed by atoms with Crippen molar-refractivity contribution in [2.45, 2.75) is 38.5 Å². The van der Waals surface area contributed by atoms with Crippen molar-refractivity contribution in [3.05, 3.63) is 29.3 Å². The molecule has 0 amide bonds. The second kappa shape index (κ2) is 3.88. The van der Waals surface area contributed by atoms with E-state index in [0.717, 1.165) is 5.92 Å². The van der Waals surface area contributed by atoms with E-state index in [1.807, 2.05) is 0 Å². The van der Waals surface area contributed by atoms with Crippen molar-refractivity contribution in [2.75, 3.05) is 11.9 Å². The van der Waals surface area contributed by atoms with Gasteiger partial charge in [-0.2, -0.15) is 0 Å². The van der Waals surface area contributed by atoms with Crippen LogP contribution in [0.3, 0.4) is 0 Å². The topological polar surface area (TPSA) is 12.0 Å². The maximum Gasteiger partial charge on any atom is 0.0375 e. The smallest absolute Gasteiger partial charge is 0.0375 e. The molecule has 2 aliphatic rings. The molecule has 0 bridgehead atoms. The van der Waals surface area contributed by atoms with E-state index in [0.29, 0.717) is 0 Å². The molecule has 1 nitrogen and oxygen atoms in total. The highest BCUT2D eigenvalue weighted by Crippen LogP contribution is 2.31. The highest BCUT2D eigenvalue weighted by atomic mass is 14.9. The normalized spacial score (nSPS) is 19.7. The highest BCUT2D eigenvalue weighted by Gasteiger charge is 2.21. The van der Waals surface area contributed by atoms with E-state index in [1.54, 1.807) is 11.1 Å².